The fourth-order valence-corrected chi connectivity index (χ4v) is 6.54. The number of unbranched alkanes of at least 4 members (excludes halogenated alkanes) is 7. The molecule has 3 heterocycles. The van der Waals surface area contributed by atoms with E-state index in [0.717, 1.165) is 35.7 Å². The number of nitrogens with zero attached hydrogens (tertiary/aromatic N) is 4. The summed E-state index contributed by atoms with van der Waals surface area (Å²) < 4.78 is 68.2. The molecule has 2 saturated heterocycles. The molecule has 284 valence electrons. The molecule has 3 aliphatic rings. The molecule has 1 aromatic carbocycles. The smallest absolute Gasteiger partial charge is 0.417 e. The topological polar surface area (TPSA) is 111 Å². The maximum absolute atomic E-state index is 15.0. The molecule has 1 saturated carbocycles. The third kappa shape index (κ3) is 12.8. The Kier molecular flexibility index (Phi) is 15.6. The van der Waals surface area contributed by atoms with Gasteiger partial charge >= 0.3 is 12.3 Å². The zero-order valence-electron chi connectivity index (χ0n) is 29.4. The number of nitrogens with one attached hydrogen (secondary N) is 1. The molecule has 3 N–H and O–H groups in total. The highest BCUT2D eigenvalue weighted by molar-refractivity contribution is 5.84. The monoisotopic (exact) mass is 725 g/mol. The standard InChI is InChI=1S/C33H45F5N4O.C4H7NO3/c1-2-3-4-5-6-7-8-9-18-39-31-22-29(34)28(21-30(31)35)24-10-13-26(14-11-24)41-43-27-16-19-42(20-17-27)32-15-12-25(23-40-32)33(36,37)38;6-3-1-5(2-3)4(7)8/h12,15,21-24,27,39H,2-11,13-14,16-20H2,1H3;3,6H,1-2H2,(H,7,8). The lowest BCUT2D eigenvalue weighted by Crippen LogP contribution is -2.52. The maximum Gasteiger partial charge on any atom is 0.417 e. The second kappa shape index (κ2) is 19.8. The number of aliphatic hydroxyl groups excluding tert-OH is 1. The van der Waals surface area contributed by atoms with Crippen molar-refractivity contribution in [2.75, 3.05) is 42.9 Å². The molecular weight excluding hydrogens is 673 g/mol. The van der Waals surface area contributed by atoms with E-state index in [1.54, 1.807) is 0 Å². The maximum atomic E-state index is 15.0. The van der Waals surface area contributed by atoms with Gasteiger partial charge in [-0.1, -0.05) is 57.0 Å². The summed E-state index contributed by atoms with van der Waals surface area (Å²) >= 11 is 0. The van der Waals surface area contributed by atoms with Crippen LogP contribution in [0.25, 0.3) is 0 Å². The van der Waals surface area contributed by atoms with E-state index in [0.29, 0.717) is 69.5 Å². The van der Waals surface area contributed by atoms with Gasteiger partial charge in [0.15, 0.2) is 0 Å². The Balaban J connectivity index is 0.000000641. The van der Waals surface area contributed by atoms with Crippen molar-refractivity contribution in [3.8, 4) is 0 Å². The molecule has 0 bridgehead atoms. The van der Waals surface area contributed by atoms with E-state index >= 15 is 0 Å². The minimum atomic E-state index is -4.40. The minimum absolute atomic E-state index is 0.0605. The van der Waals surface area contributed by atoms with E-state index in [4.69, 9.17) is 15.1 Å². The Morgan fingerprint density at radius 2 is 1.61 bits per heavy atom. The molecule has 9 nitrogen and oxygen atoms in total. The summed E-state index contributed by atoms with van der Waals surface area (Å²) in [5, 5.41) is 24.2. The number of β-amino-alcohol motifs (C(OH)–C–C–N with tert-alkyl or cyclic N) is 1. The number of carbonyl (C=O) groups is 1. The molecule has 14 heteroatoms. The highest BCUT2D eigenvalue weighted by Gasteiger charge is 2.31. The van der Waals surface area contributed by atoms with Gasteiger partial charge in [-0.05, 0) is 61.8 Å². The van der Waals surface area contributed by atoms with Crippen molar-refractivity contribution in [2.45, 2.75) is 121 Å². The highest BCUT2D eigenvalue weighted by Crippen LogP contribution is 2.35. The number of rotatable bonds is 14. The second-order valence-corrected chi connectivity index (χ2v) is 13.7. The van der Waals surface area contributed by atoms with E-state index < -0.39 is 29.8 Å². The van der Waals surface area contributed by atoms with Gasteiger partial charge in [-0.25, -0.2) is 18.6 Å². The summed E-state index contributed by atoms with van der Waals surface area (Å²) in [6.07, 6.45) is 8.66. The summed E-state index contributed by atoms with van der Waals surface area (Å²) in [6, 6.07) is 5.11. The molecule has 51 heavy (non-hydrogen) atoms. The van der Waals surface area contributed by atoms with Gasteiger partial charge in [0.25, 0.3) is 0 Å². The van der Waals surface area contributed by atoms with Crippen LogP contribution in [0.2, 0.25) is 0 Å². The Morgan fingerprint density at radius 3 is 2.16 bits per heavy atom. The largest absolute Gasteiger partial charge is 0.465 e. The summed E-state index contributed by atoms with van der Waals surface area (Å²) in [6.45, 7) is 4.63. The quantitative estimate of drug-likeness (QED) is 0.101. The number of aliphatic hydroxyl groups is 1. The van der Waals surface area contributed by atoms with Crippen molar-refractivity contribution in [2.24, 2.45) is 5.16 Å². The van der Waals surface area contributed by atoms with Gasteiger partial charge < -0.3 is 30.2 Å². The summed E-state index contributed by atoms with van der Waals surface area (Å²) in [5.41, 5.74) is 0.828. The van der Waals surface area contributed by atoms with Gasteiger partial charge in [0.05, 0.1) is 36.2 Å². The van der Waals surface area contributed by atoms with Crippen LogP contribution in [0.1, 0.15) is 114 Å². The Bertz CT molecular complexity index is 1390. The average molecular weight is 726 g/mol. The molecular formula is C37H52F5N5O4. The number of carboxylic acid groups (broad SMARTS) is 1. The second-order valence-electron chi connectivity index (χ2n) is 13.7. The average Bonchev–Trinajstić information content (AvgIpc) is 3.10. The Morgan fingerprint density at radius 1 is 0.961 bits per heavy atom. The molecule has 1 aliphatic carbocycles. The molecule has 2 aromatic rings. The van der Waals surface area contributed by atoms with Crippen molar-refractivity contribution in [1.82, 2.24) is 9.88 Å². The van der Waals surface area contributed by atoms with Crippen LogP contribution in [0.3, 0.4) is 0 Å². The number of benzene rings is 1. The summed E-state index contributed by atoms with van der Waals surface area (Å²) in [7, 11) is 0. The van der Waals surface area contributed by atoms with Crippen molar-refractivity contribution in [1.29, 1.82) is 0 Å². The molecule has 1 aromatic heterocycles. The van der Waals surface area contributed by atoms with E-state index in [2.05, 4.69) is 22.4 Å². The third-order valence-corrected chi connectivity index (χ3v) is 9.74. The summed E-state index contributed by atoms with van der Waals surface area (Å²) in [4.78, 5) is 22.8. The number of aromatic nitrogens is 1. The fraction of sp³-hybridized carbons (Fsp3) is 0.649. The lowest BCUT2D eigenvalue weighted by Gasteiger charge is -2.32. The predicted molar refractivity (Wildman–Crippen MR) is 187 cm³/mol. The van der Waals surface area contributed by atoms with Crippen molar-refractivity contribution >= 4 is 23.3 Å². The van der Waals surface area contributed by atoms with Crippen molar-refractivity contribution < 1.29 is 41.8 Å². The van der Waals surface area contributed by atoms with E-state index in [1.807, 2.05) is 4.90 Å². The lowest BCUT2D eigenvalue weighted by atomic mass is 9.83. The zero-order valence-corrected chi connectivity index (χ0v) is 29.4. The number of hydrogen-bond acceptors (Lipinski definition) is 7. The van der Waals surface area contributed by atoms with Crippen LogP contribution in [0, 0.1) is 11.6 Å². The normalized spacial score (nSPS) is 18.5. The van der Waals surface area contributed by atoms with Gasteiger partial charge in [-0.2, -0.15) is 13.2 Å². The van der Waals surface area contributed by atoms with E-state index in [-0.39, 0.29) is 36.6 Å². The molecule has 0 unspecified atom stereocenters. The fourth-order valence-electron chi connectivity index (χ4n) is 6.54. The van der Waals surface area contributed by atoms with Crippen LogP contribution < -0.4 is 10.2 Å². The van der Waals surface area contributed by atoms with Crippen LogP contribution >= 0.6 is 0 Å². The third-order valence-electron chi connectivity index (χ3n) is 9.74. The number of alkyl halides is 3. The molecule has 2 aliphatic heterocycles. The minimum Gasteiger partial charge on any atom is -0.465 e. The van der Waals surface area contributed by atoms with E-state index in [1.165, 1.54) is 56.7 Å². The number of amides is 1. The Labute approximate surface area is 297 Å². The first-order valence-electron chi connectivity index (χ1n) is 18.3. The van der Waals surface area contributed by atoms with Crippen LogP contribution in [0.4, 0.5) is 38.3 Å². The summed E-state index contributed by atoms with van der Waals surface area (Å²) in [5.74, 6) is -0.311. The first-order chi connectivity index (χ1) is 24.4. The molecule has 0 radical (unpaired) electrons. The van der Waals surface area contributed by atoms with Crippen LogP contribution in [0.15, 0.2) is 35.6 Å². The molecule has 5 rings (SSSR count). The number of anilines is 2. The number of hydrogen-bond donors (Lipinski definition) is 3. The number of piperidine rings is 1. The number of oxime groups is 1. The highest BCUT2D eigenvalue weighted by atomic mass is 19.4. The van der Waals surface area contributed by atoms with Gasteiger partial charge in [-0.15, -0.1) is 0 Å². The zero-order chi connectivity index (χ0) is 36.8. The van der Waals surface area contributed by atoms with Crippen LogP contribution in [-0.4, -0.2) is 76.8 Å². The van der Waals surface area contributed by atoms with Gasteiger partial charge in [0.2, 0.25) is 0 Å². The molecule has 3 fully saturated rings. The van der Waals surface area contributed by atoms with Gasteiger partial charge in [0.1, 0.15) is 23.6 Å². The lowest BCUT2D eigenvalue weighted by molar-refractivity contribution is -0.137. The number of likely N-dealkylation sites (tertiary alicyclic amines) is 1. The van der Waals surface area contributed by atoms with Crippen LogP contribution in [-0.2, 0) is 11.0 Å². The predicted octanol–water partition coefficient (Wildman–Crippen LogP) is 8.97. The van der Waals surface area contributed by atoms with Crippen LogP contribution in [0.5, 0.6) is 0 Å². The van der Waals surface area contributed by atoms with Crippen molar-refractivity contribution in [3.63, 3.8) is 0 Å². The van der Waals surface area contributed by atoms with Crippen molar-refractivity contribution in [3.05, 3.63) is 53.2 Å². The Hall–Kier alpha value is -3.68. The first kappa shape index (κ1) is 40.1. The number of pyridine rings is 1. The van der Waals surface area contributed by atoms with E-state index in [9.17, 15) is 26.7 Å². The number of halogens is 5. The molecule has 0 atom stereocenters. The SMILES string of the molecule is CCCCCCCCCCNc1cc(F)c(C2CCC(=NOC3CCN(c4ccc(C(F)(F)F)cn4)CC3)CC2)cc1F.O=C(O)N1CC(O)C1. The first-order valence-corrected chi connectivity index (χ1v) is 18.3. The molecule has 1 amide bonds. The van der Waals surface area contributed by atoms with Gasteiger partial charge in [0, 0.05) is 44.7 Å². The van der Waals surface area contributed by atoms with Gasteiger partial charge in [-0.3, -0.25) is 0 Å². The molecule has 0 spiro atoms.